The first kappa shape index (κ1) is 20.1. The molecular weight excluding hydrogens is 384 g/mol. The average molecular weight is 408 g/mol. The number of esters is 1. The molecule has 2 aromatic carbocycles. The number of rotatable bonds is 7. The molecule has 156 valence electrons. The normalized spacial score (nSPS) is 18.4. The minimum atomic E-state index is -0.507. The first-order chi connectivity index (χ1) is 14.6. The predicted molar refractivity (Wildman–Crippen MR) is 112 cm³/mol. The Morgan fingerprint density at radius 1 is 1.17 bits per heavy atom. The molecule has 4 rings (SSSR count). The van der Waals surface area contributed by atoms with E-state index < -0.39 is 12.0 Å². The fourth-order valence-electron chi connectivity index (χ4n) is 3.54. The quantitative estimate of drug-likeness (QED) is 0.582. The Bertz CT molecular complexity index is 1030. The maximum atomic E-state index is 12.8. The number of carbonyl (C=O) groups is 2. The van der Waals surface area contributed by atoms with E-state index in [0.717, 1.165) is 18.5 Å². The summed E-state index contributed by atoms with van der Waals surface area (Å²) in [7, 11) is 0. The highest BCUT2D eigenvalue weighted by atomic mass is 16.5. The lowest BCUT2D eigenvalue weighted by Gasteiger charge is -2.20. The first-order valence-electron chi connectivity index (χ1n) is 10.0. The summed E-state index contributed by atoms with van der Waals surface area (Å²) in [4.78, 5) is 24.7. The minimum Gasteiger partial charge on any atom is -0.460 e. The van der Waals surface area contributed by atoms with Crippen molar-refractivity contribution in [2.24, 2.45) is 0 Å². The van der Waals surface area contributed by atoms with E-state index in [1.165, 1.54) is 0 Å². The lowest BCUT2D eigenvalue weighted by Crippen LogP contribution is -2.43. The predicted octanol–water partition coefficient (Wildman–Crippen LogP) is 3.50. The zero-order valence-electron chi connectivity index (χ0n) is 16.7. The Kier molecular flexibility index (Phi) is 6.11. The van der Waals surface area contributed by atoms with Crippen molar-refractivity contribution >= 4 is 28.5 Å². The molecule has 2 heterocycles. The lowest BCUT2D eigenvalue weighted by atomic mass is 10.1. The maximum absolute atomic E-state index is 12.8. The van der Waals surface area contributed by atoms with Crippen LogP contribution in [0, 0.1) is 0 Å². The van der Waals surface area contributed by atoms with E-state index in [9.17, 15) is 9.59 Å². The minimum absolute atomic E-state index is 0.141. The molecule has 3 aromatic rings. The SMILES string of the molecule is CCOC(=O)c1cc2cc(NC(=O)[C@@H]3NCC[C@@H]3OCc3ccccc3)ccc2o1. The van der Waals surface area contributed by atoms with Crippen LogP contribution in [-0.4, -0.2) is 37.2 Å². The third kappa shape index (κ3) is 4.53. The van der Waals surface area contributed by atoms with E-state index >= 15 is 0 Å². The molecule has 0 spiro atoms. The first-order valence-corrected chi connectivity index (χ1v) is 10.0. The zero-order chi connectivity index (χ0) is 20.9. The Balaban J connectivity index is 1.40. The Morgan fingerprint density at radius 3 is 2.80 bits per heavy atom. The molecule has 0 aliphatic carbocycles. The topological polar surface area (TPSA) is 89.8 Å². The van der Waals surface area contributed by atoms with Gasteiger partial charge in [-0.05, 0) is 49.7 Å². The van der Waals surface area contributed by atoms with E-state index in [-0.39, 0.29) is 24.4 Å². The molecule has 30 heavy (non-hydrogen) atoms. The van der Waals surface area contributed by atoms with Gasteiger partial charge in [-0.2, -0.15) is 0 Å². The summed E-state index contributed by atoms with van der Waals surface area (Å²) in [6.45, 7) is 3.21. The van der Waals surface area contributed by atoms with E-state index in [4.69, 9.17) is 13.9 Å². The molecule has 0 unspecified atom stereocenters. The van der Waals surface area contributed by atoms with Gasteiger partial charge in [0.15, 0.2) is 0 Å². The number of anilines is 1. The molecule has 1 aliphatic heterocycles. The summed E-state index contributed by atoms with van der Waals surface area (Å²) in [6, 6.07) is 16.3. The van der Waals surface area contributed by atoms with Crippen LogP contribution in [0.4, 0.5) is 5.69 Å². The van der Waals surface area contributed by atoms with Gasteiger partial charge >= 0.3 is 5.97 Å². The largest absolute Gasteiger partial charge is 0.460 e. The molecule has 0 saturated carbocycles. The van der Waals surface area contributed by atoms with Crippen molar-refractivity contribution in [1.29, 1.82) is 0 Å². The monoisotopic (exact) mass is 408 g/mol. The van der Waals surface area contributed by atoms with Crippen molar-refractivity contribution in [3.05, 3.63) is 65.9 Å². The van der Waals surface area contributed by atoms with Crippen LogP contribution in [0.3, 0.4) is 0 Å². The fraction of sp³-hybridized carbons (Fsp3) is 0.304. The molecule has 1 aromatic heterocycles. The number of hydrogen-bond acceptors (Lipinski definition) is 6. The molecule has 1 fully saturated rings. The molecule has 7 nitrogen and oxygen atoms in total. The van der Waals surface area contributed by atoms with Gasteiger partial charge in [0.25, 0.3) is 0 Å². The third-order valence-electron chi connectivity index (χ3n) is 5.01. The van der Waals surface area contributed by atoms with Gasteiger partial charge in [-0.1, -0.05) is 30.3 Å². The molecule has 7 heteroatoms. The van der Waals surface area contributed by atoms with Gasteiger partial charge < -0.3 is 24.5 Å². The van der Waals surface area contributed by atoms with E-state index in [2.05, 4.69) is 10.6 Å². The molecule has 1 saturated heterocycles. The van der Waals surface area contributed by atoms with Gasteiger partial charge in [-0.3, -0.25) is 4.79 Å². The second-order valence-corrected chi connectivity index (χ2v) is 7.13. The molecule has 1 amide bonds. The number of ether oxygens (including phenoxy) is 2. The number of amides is 1. The summed E-state index contributed by atoms with van der Waals surface area (Å²) in [6.07, 6.45) is 0.576. The zero-order valence-corrected chi connectivity index (χ0v) is 16.7. The second-order valence-electron chi connectivity index (χ2n) is 7.13. The number of furan rings is 1. The van der Waals surface area contributed by atoms with Crippen LogP contribution in [-0.2, 0) is 20.9 Å². The standard InChI is InChI=1S/C23H24N2O5/c1-2-28-23(27)20-13-16-12-17(8-9-18(16)30-20)25-22(26)21-19(10-11-24-21)29-14-15-6-4-3-5-7-15/h3-9,12-13,19,21,24H,2,10-11,14H2,1H3,(H,25,26)/t19-,21+/m0/s1. The van der Waals surface area contributed by atoms with Gasteiger partial charge in [0, 0.05) is 11.1 Å². The summed E-state index contributed by atoms with van der Waals surface area (Å²) < 4.78 is 16.5. The van der Waals surface area contributed by atoms with Gasteiger partial charge in [0.1, 0.15) is 11.6 Å². The molecular formula is C23H24N2O5. The van der Waals surface area contributed by atoms with Gasteiger partial charge in [0.05, 0.1) is 19.3 Å². The fourth-order valence-corrected chi connectivity index (χ4v) is 3.54. The number of benzene rings is 2. The maximum Gasteiger partial charge on any atom is 0.374 e. The Morgan fingerprint density at radius 2 is 2.00 bits per heavy atom. The van der Waals surface area contributed by atoms with Crippen molar-refractivity contribution in [2.75, 3.05) is 18.5 Å². The van der Waals surface area contributed by atoms with Gasteiger partial charge in [-0.25, -0.2) is 4.79 Å². The van der Waals surface area contributed by atoms with Crippen molar-refractivity contribution in [1.82, 2.24) is 5.32 Å². The van der Waals surface area contributed by atoms with Crippen LogP contribution >= 0.6 is 0 Å². The van der Waals surface area contributed by atoms with Crippen molar-refractivity contribution in [3.63, 3.8) is 0 Å². The molecule has 2 atom stereocenters. The van der Waals surface area contributed by atoms with Crippen molar-refractivity contribution < 1.29 is 23.5 Å². The average Bonchev–Trinajstić information content (AvgIpc) is 3.40. The van der Waals surface area contributed by atoms with E-state index in [1.54, 1.807) is 31.2 Å². The lowest BCUT2D eigenvalue weighted by molar-refractivity contribution is -0.121. The highest BCUT2D eigenvalue weighted by molar-refractivity contribution is 5.98. The molecule has 0 radical (unpaired) electrons. The highest BCUT2D eigenvalue weighted by Gasteiger charge is 2.33. The molecule has 2 N–H and O–H groups in total. The number of carbonyl (C=O) groups excluding carboxylic acids is 2. The summed E-state index contributed by atoms with van der Waals surface area (Å²) in [5, 5.41) is 6.86. The van der Waals surface area contributed by atoms with Crippen molar-refractivity contribution in [3.8, 4) is 0 Å². The summed E-state index contributed by atoms with van der Waals surface area (Å²) in [5.74, 6) is -0.519. The smallest absolute Gasteiger partial charge is 0.374 e. The van der Waals surface area contributed by atoms with E-state index in [1.807, 2.05) is 30.3 Å². The highest BCUT2D eigenvalue weighted by Crippen LogP contribution is 2.24. The van der Waals surface area contributed by atoms with Crippen LogP contribution in [0.15, 0.2) is 59.0 Å². The van der Waals surface area contributed by atoms with Gasteiger partial charge in [0.2, 0.25) is 11.7 Å². The molecule has 0 bridgehead atoms. The van der Waals surface area contributed by atoms with Crippen LogP contribution < -0.4 is 10.6 Å². The van der Waals surface area contributed by atoms with E-state index in [0.29, 0.717) is 23.3 Å². The second kappa shape index (κ2) is 9.11. The van der Waals surface area contributed by atoms with Crippen LogP contribution in [0.1, 0.15) is 29.5 Å². The number of nitrogens with one attached hydrogen (secondary N) is 2. The number of hydrogen-bond donors (Lipinski definition) is 2. The molecule has 1 aliphatic rings. The van der Waals surface area contributed by atoms with Crippen LogP contribution in [0.2, 0.25) is 0 Å². The van der Waals surface area contributed by atoms with Gasteiger partial charge in [-0.15, -0.1) is 0 Å². The summed E-state index contributed by atoms with van der Waals surface area (Å²) >= 11 is 0. The van der Waals surface area contributed by atoms with Crippen LogP contribution in [0.5, 0.6) is 0 Å². The Labute approximate surface area is 174 Å². The summed E-state index contributed by atoms with van der Waals surface area (Å²) in [5.41, 5.74) is 2.25. The Hall–Kier alpha value is -3.16. The third-order valence-corrected chi connectivity index (χ3v) is 5.01. The van der Waals surface area contributed by atoms with Crippen molar-refractivity contribution in [2.45, 2.75) is 32.1 Å². The number of fused-ring (bicyclic) bond motifs is 1. The van der Waals surface area contributed by atoms with Crippen LogP contribution in [0.25, 0.3) is 11.0 Å².